The van der Waals surface area contributed by atoms with E-state index in [0.29, 0.717) is 29.7 Å². The molecule has 0 spiro atoms. The molecule has 0 atom stereocenters. The summed E-state index contributed by atoms with van der Waals surface area (Å²) in [6.45, 7) is 1.59. The second kappa shape index (κ2) is 10.9. The monoisotopic (exact) mass is 415 g/mol. The summed E-state index contributed by atoms with van der Waals surface area (Å²) in [7, 11) is 0. The molecule has 31 heavy (non-hydrogen) atoms. The molecule has 0 fully saturated rings. The molecule has 0 saturated carbocycles. The van der Waals surface area contributed by atoms with Crippen LogP contribution in [0.4, 0.5) is 5.69 Å². The van der Waals surface area contributed by atoms with Crippen molar-refractivity contribution in [2.24, 2.45) is 0 Å². The van der Waals surface area contributed by atoms with Gasteiger partial charge in [0, 0.05) is 17.7 Å². The molecule has 1 amide bonds. The van der Waals surface area contributed by atoms with Gasteiger partial charge in [-0.3, -0.25) is 9.59 Å². The van der Waals surface area contributed by atoms with Gasteiger partial charge >= 0.3 is 5.97 Å². The number of carbonyl (C=O) groups is 3. The Morgan fingerprint density at radius 1 is 0.839 bits per heavy atom. The number of hydrogen-bond acceptors (Lipinski definition) is 4. The number of rotatable bonds is 9. The minimum Gasteiger partial charge on any atom is -0.454 e. The van der Waals surface area contributed by atoms with Gasteiger partial charge in [-0.2, -0.15) is 0 Å². The molecule has 0 aromatic heterocycles. The van der Waals surface area contributed by atoms with E-state index in [-0.39, 0.29) is 18.3 Å². The maximum Gasteiger partial charge on any atom is 0.338 e. The molecular weight excluding hydrogens is 390 g/mol. The van der Waals surface area contributed by atoms with Gasteiger partial charge in [-0.15, -0.1) is 0 Å². The molecule has 0 radical (unpaired) electrons. The summed E-state index contributed by atoms with van der Waals surface area (Å²) in [6.07, 6.45) is 1.82. The van der Waals surface area contributed by atoms with Crippen LogP contribution in [0.2, 0.25) is 0 Å². The van der Waals surface area contributed by atoms with E-state index in [0.717, 1.165) is 17.5 Å². The number of anilines is 1. The number of nitrogens with one attached hydrogen (secondary N) is 1. The highest BCUT2D eigenvalue weighted by Gasteiger charge is 2.15. The third-order valence-corrected chi connectivity index (χ3v) is 4.78. The summed E-state index contributed by atoms with van der Waals surface area (Å²) >= 11 is 0. The van der Waals surface area contributed by atoms with E-state index >= 15 is 0 Å². The van der Waals surface area contributed by atoms with Crippen LogP contribution < -0.4 is 5.32 Å². The van der Waals surface area contributed by atoms with E-state index in [2.05, 4.69) is 5.32 Å². The van der Waals surface area contributed by atoms with Gasteiger partial charge < -0.3 is 10.1 Å². The van der Waals surface area contributed by atoms with Crippen molar-refractivity contribution in [3.8, 4) is 0 Å². The van der Waals surface area contributed by atoms with Gasteiger partial charge in [-0.1, -0.05) is 55.5 Å². The molecule has 3 aromatic rings. The number of esters is 1. The van der Waals surface area contributed by atoms with E-state index in [4.69, 9.17) is 4.74 Å². The standard InChI is InChI=1S/C26H25NO4/c1-2-8-25(29)27-22-15-13-20(14-16-22)24(28)18-31-26(30)23-12-7-6-11-21(23)17-19-9-4-3-5-10-19/h3-7,9-16H,2,8,17-18H2,1H3,(H,27,29). The highest BCUT2D eigenvalue weighted by molar-refractivity contribution is 6.00. The van der Waals surface area contributed by atoms with Crippen LogP contribution in [-0.2, 0) is 16.0 Å². The lowest BCUT2D eigenvalue weighted by Gasteiger charge is -2.10. The Kier molecular flexibility index (Phi) is 7.71. The van der Waals surface area contributed by atoms with Gasteiger partial charge in [0.1, 0.15) is 0 Å². The molecule has 5 heteroatoms. The Labute approximate surface area is 182 Å². The third kappa shape index (κ3) is 6.37. The molecule has 3 rings (SSSR count). The lowest BCUT2D eigenvalue weighted by atomic mass is 10.00. The van der Waals surface area contributed by atoms with Crippen molar-refractivity contribution in [3.05, 3.63) is 101 Å². The van der Waals surface area contributed by atoms with E-state index in [1.807, 2.05) is 49.4 Å². The number of benzene rings is 3. The van der Waals surface area contributed by atoms with Gasteiger partial charge in [0.15, 0.2) is 12.4 Å². The molecule has 0 unspecified atom stereocenters. The van der Waals surface area contributed by atoms with Gasteiger partial charge in [0.05, 0.1) is 5.56 Å². The maximum absolute atomic E-state index is 12.6. The molecular formula is C26H25NO4. The average Bonchev–Trinajstić information content (AvgIpc) is 2.79. The minimum absolute atomic E-state index is 0.0651. The van der Waals surface area contributed by atoms with Crippen molar-refractivity contribution in [2.45, 2.75) is 26.2 Å². The highest BCUT2D eigenvalue weighted by Crippen LogP contribution is 2.16. The van der Waals surface area contributed by atoms with Crippen LogP contribution in [0.25, 0.3) is 0 Å². The summed E-state index contributed by atoms with van der Waals surface area (Å²) in [4.78, 5) is 36.7. The number of amides is 1. The lowest BCUT2D eigenvalue weighted by molar-refractivity contribution is -0.116. The Balaban J connectivity index is 1.59. The first kappa shape index (κ1) is 22.0. The number of Topliss-reactive ketones (excluding diaryl/α,β-unsaturated/α-hetero) is 1. The Morgan fingerprint density at radius 2 is 1.52 bits per heavy atom. The van der Waals surface area contributed by atoms with Crippen molar-refractivity contribution >= 4 is 23.3 Å². The predicted molar refractivity (Wildman–Crippen MR) is 120 cm³/mol. The number of ether oxygens (including phenoxy) is 1. The fraction of sp³-hybridized carbons (Fsp3) is 0.192. The van der Waals surface area contributed by atoms with Crippen LogP contribution in [0.1, 0.15) is 51.6 Å². The molecule has 5 nitrogen and oxygen atoms in total. The fourth-order valence-corrected chi connectivity index (χ4v) is 3.17. The van der Waals surface area contributed by atoms with Gasteiger partial charge in [0.25, 0.3) is 0 Å². The molecule has 0 bridgehead atoms. The van der Waals surface area contributed by atoms with Crippen LogP contribution in [0.15, 0.2) is 78.9 Å². The summed E-state index contributed by atoms with van der Waals surface area (Å²) < 4.78 is 5.29. The number of hydrogen-bond donors (Lipinski definition) is 1. The summed E-state index contributed by atoms with van der Waals surface area (Å²) in [6, 6.07) is 23.7. The minimum atomic E-state index is -0.525. The van der Waals surface area contributed by atoms with Gasteiger partial charge in [-0.25, -0.2) is 4.79 Å². The first-order valence-electron chi connectivity index (χ1n) is 10.3. The van der Waals surface area contributed by atoms with Crippen molar-refractivity contribution in [2.75, 3.05) is 11.9 Å². The van der Waals surface area contributed by atoms with Crippen LogP contribution in [0, 0.1) is 0 Å². The van der Waals surface area contributed by atoms with Crippen LogP contribution in [0.5, 0.6) is 0 Å². The molecule has 0 aliphatic carbocycles. The van der Waals surface area contributed by atoms with Gasteiger partial charge in [-0.05, 0) is 54.3 Å². The SMILES string of the molecule is CCCC(=O)Nc1ccc(C(=O)COC(=O)c2ccccc2Cc2ccccc2)cc1. The van der Waals surface area contributed by atoms with E-state index in [1.165, 1.54) is 0 Å². The largest absolute Gasteiger partial charge is 0.454 e. The zero-order chi connectivity index (χ0) is 22.1. The average molecular weight is 415 g/mol. The van der Waals surface area contributed by atoms with Crippen molar-refractivity contribution in [1.82, 2.24) is 0 Å². The smallest absolute Gasteiger partial charge is 0.338 e. The predicted octanol–water partition coefficient (Wildman–Crippen LogP) is 5.06. The quantitative estimate of drug-likeness (QED) is 0.392. The summed E-state index contributed by atoms with van der Waals surface area (Å²) in [5.41, 5.74) is 3.43. The molecule has 1 N–H and O–H groups in total. The fourth-order valence-electron chi connectivity index (χ4n) is 3.17. The van der Waals surface area contributed by atoms with Crippen LogP contribution in [0.3, 0.4) is 0 Å². The molecule has 158 valence electrons. The Morgan fingerprint density at radius 3 is 2.23 bits per heavy atom. The van der Waals surface area contributed by atoms with Crippen LogP contribution >= 0.6 is 0 Å². The zero-order valence-electron chi connectivity index (χ0n) is 17.5. The third-order valence-electron chi connectivity index (χ3n) is 4.78. The van der Waals surface area contributed by atoms with Crippen molar-refractivity contribution < 1.29 is 19.1 Å². The van der Waals surface area contributed by atoms with Crippen molar-refractivity contribution in [3.63, 3.8) is 0 Å². The number of ketones is 1. The molecule has 0 aliphatic rings. The highest BCUT2D eigenvalue weighted by atomic mass is 16.5. The molecule has 0 saturated heterocycles. The van der Waals surface area contributed by atoms with Gasteiger partial charge in [0.2, 0.25) is 5.91 Å². The van der Waals surface area contributed by atoms with Crippen molar-refractivity contribution in [1.29, 1.82) is 0 Å². The van der Waals surface area contributed by atoms with E-state index in [1.54, 1.807) is 36.4 Å². The molecule has 3 aromatic carbocycles. The molecule has 0 aliphatic heterocycles. The Hall–Kier alpha value is -3.73. The van der Waals surface area contributed by atoms with Crippen LogP contribution in [-0.4, -0.2) is 24.3 Å². The van der Waals surface area contributed by atoms with E-state index in [9.17, 15) is 14.4 Å². The second-order valence-electron chi connectivity index (χ2n) is 7.19. The zero-order valence-corrected chi connectivity index (χ0v) is 17.5. The number of carbonyl (C=O) groups excluding carboxylic acids is 3. The Bertz CT molecular complexity index is 1040. The molecule has 0 heterocycles. The lowest BCUT2D eigenvalue weighted by Crippen LogP contribution is -2.16. The van der Waals surface area contributed by atoms with E-state index < -0.39 is 5.97 Å². The summed E-state index contributed by atoms with van der Waals surface area (Å²) in [5.74, 6) is -0.895. The first-order chi connectivity index (χ1) is 15.1. The maximum atomic E-state index is 12.6. The second-order valence-corrected chi connectivity index (χ2v) is 7.19. The topological polar surface area (TPSA) is 72.5 Å². The summed E-state index contributed by atoms with van der Waals surface area (Å²) in [5, 5.41) is 2.77. The first-order valence-corrected chi connectivity index (χ1v) is 10.3. The normalized spacial score (nSPS) is 10.4.